The van der Waals surface area contributed by atoms with Gasteiger partial charge in [-0.1, -0.05) is 12.1 Å². The molecule has 2 N–H and O–H groups in total. The maximum Gasteiger partial charge on any atom is 0.252 e. The number of para-hydroxylation sites is 2. The van der Waals surface area contributed by atoms with E-state index in [4.69, 9.17) is 0 Å². The molecule has 0 aliphatic carbocycles. The fraction of sp³-hybridized carbons (Fsp3) is 0.350. The number of imidazole rings is 1. The van der Waals surface area contributed by atoms with E-state index in [9.17, 15) is 4.79 Å². The van der Waals surface area contributed by atoms with Crippen LogP contribution in [0.3, 0.4) is 0 Å². The van der Waals surface area contributed by atoms with Crippen LogP contribution in [0.5, 0.6) is 0 Å². The minimum Gasteiger partial charge on any atom is -0.356 e. The first kappa shape index (κ1) is 18.1. The SMILES string of the molecule is Cc1nc2ncnn2c(C)c1CCC(=O)NCCCc1nc2ccccc2[nH]1. The Morgan fingerprint density at radius 1 is 1.18 bits per heavy atom. The third kappa shape index (κ3) is 3.71. The van der Waals surface area contributed by atoms with Crippen LogP contribution in [-0.4, -0.2) is 42.0 Å². The lowest BCUT2D eigenvalue weighted by Gasteiger charge is -2.10. The van der Waals surface area contributed by atoms with Gasteiger partial charge in [0.05, 0.1) is 11.0 Å². The van der Waals surface area contributed by atoms with Crippen LogP contribution in [0.15, 0.2) is 30.6 Å². The predicted octanol–water partition coefficient (Wildman–Crippen LogP) is 2.30. The quantitative estimate of drug-likeness (QED) is 0.481. The fourth-order valence-electron chi connectivity index (χ4n) is 3.45. The minimum absolute atomic E-state index is 0.0436. The number of nitrogens with zero attached hydrogens (tertiary/aromatic N) is 5. The molecule has 3 heterocycles. The summed E-state index contributed by atoms with van der Waals surface area (Å²) in [6, 6.07) is 7.98. The molecule has 0 aliphatic heterocycles. The molecule has 8 heteroatoms. The number of amides is 1. The van der Waals surface area contributed by atoms with Crippen LogP contribution in [0, 0.1) is 13.8 Å². The molecule has 1 aromatic carbocycles. The molecule has 0 spiro atoms. The van der Waals surface area contributed by atoms with Gasteiger partial charge in [0, 0.05) is 30.8 Å². The molecular weight excluding hydrogens is 354 g/mol. The Labute approximate surface area is 162 Å². The number of hydrogen-bond donors (Lipinski definition) is 2. The van der Waals surface area contributed by atoms with E-state index in [1.54, 1.807) is 4.52 Å². The van der Waals surface area contributed by atoms with E-state index in [0.29, 0.717) is 25.2 Å². The lowest BCUT2D eigenvalue weighted by atomic mass is 10.1. The molecule has 3 aromatic heterocycles. The van der Waals surface area contributed by atoms with Gasteiger partial charge in [0.25, 0.3) is 5.78 Å². The number of aryl methyl sites for hydroxylation is 3. The van der Waals surface area contributed by atoms with Crippen molar-refractivity contribution in [1.29, 1.82) is 0 Å². The number of aromatic nitrogens is 6. The van der Waals surface area contributed by atoms with Gasteiger partial charge in [-0.2, -0.15) is 10.1 Å². The van der Waals surface area contributed by atoms with Gasteiger partial charge in [-0.15, -0.1) is 0 Å². The molecular formula is C20H23N7O. The number of nitrogens with one attached hydrogen (secondary N) is 2. The Bertz CT molecular complexity index is 1100. The smallest absolute Gasteiger partial charge is 0.252 e. The molecule has 0 saturated heterocycles. The summed E-state index contributed by atoms with van der Waals surface area (Å²) in [6.45, 7) is 4.56. The second-order valence-corrected chi connectivity index (χ2v) is 6.89. The highest BCUT2D eigenvalue weighted by atomic mass is 16.1. The molecule has 4 aromatic rings. The lowest BCUT2D eigenvalue weighted by Crippen LogP contribution is -2.25. The van der Waals surface area contributed by atoms with Gasteiger partial charge >= 0.3 is 0 Å². The summed E-state index contributed by atoms with van der Waals surface area (Å²) >= 11 is 0. The minimum atomic E-state index is 0.0436. The van der Waals surface area contributed by atoms with E-state index in [0.717, 1.165) is 46.7 Å². The van der Waals surface area contributed by atoms with Crippen molar-refractivity contribution in [2.24, 2.45) is 0 Å². The molecule has 28 heavy (non-hydrogen) atoms. The summed E-state index contributed by atoms with van der Waals surface area (Å²) in [4.78, 5) is 28.7. The molecule has 0 unspecified atom stereocenters. The molecule has 0 fully saturated rings. The van der Waals surface area contributed by atoms with Crippen LogP contribution >= 0.6 is 0 Å². The average Bonchev–Trinajstić information content (AvgIpc) is 3.31. The van der Waals surface area contributed by atoms with E-state index < -0.39 is 0 Å². The molecule has 0 aliphatic rings. The summed E-state index contributed by atoms with van der Waals surface area (Å²) in [6.07, 6.45) is 4.20. The van der Waals surface area contributed by atoms with E-state index in [1.807, 2.05) is 38.1 Å². The summed E-state index contributed by atoms with van der Waals surface area (Å²) in [7, 11) is 0. The van der Waals surface area contributed by atoms with Crippen LogP contribution in [0.2, 0.25) is 0 Å². The van der Waals surface area contributed by atoms with E-state index >= 15 is 0 Å². The Hall–Kier alpha value is -3.29. The van der Waals surface area contributed by atoms with Crippen molar-refractivity contribution in [2.45, 2.75) is 39.5 Å². The zero-order chi connectivity index (χ0) is 19.5. The van der Waals surface area contributed by atoms with Gasteiger partial charge in [-0.25, -0.2) is 14.5 Å². The van der Waals surface area contributed by atoms with Gasteiger partial charge in [0.1, 0.15) is 12.2 Å². The van der Waals surface area contributed by atoms with E-state index in [2.05, 4.69) is 30.4 Å². The van der Waals surface area contributed by atoms with Gasteiger partial charge in [0.15, 0.2) is 0 Å². The average molecular weight is 377 g/mol. The first-order valence-corrected chi connectivity index (χ1v) is 9.48. The number of hydrogen-bond acceptors (Lipinski definition) is 5. The van der Waals surface area contributed by atoms with Crippen molar-refractivity contribution >= 4 is 22.7 Å². The summed E-state index contributed by atoms with van der Waals surface area (Å²) < 4.78 is 1.72. The molecule has 0 bridgehead atoms. The second kappa shape index (κ2) is 7.75. The van der Waals surface area contributed by atoms with Crippen LogP contribution < -0.4 is 5.32 Å². The Morgan fingerprint density at radius 3 is 2.89 bits per heavy atom. The first-order valence-electron chi connectivity index (χ1n) is 9.48. The molecule has 0 saturated carbocycles. The molecule has 0 atom stereocenters. The number of rotatable bonds is 7. The van der Waals surface area contributed by atoms with Gasteiger partial charge in [0.2, 0.25) is 5.91 Å². The maximum absolute atomic E-state index is 12.2. The maximum atomic E-state index is 12.2. The first-order chi connectivity index (χ1) is 13.6. The summed E-state index contributed by atoms with van der Waals surface area (Å²) in [5.74, 6) is 1.59. The number of carbonyl (C=O) groups is 1. The Morgan fingerprint density at radius 2 is 2.04 bits per heavy atom. The summed E-state index contributed by atoms with van der Waals surface area (Å²) in [5.41, 5.74) is 4.96. The third-order valence-electron chi connectivity index (χ3n) is 4.94. The summed E-state index contributed by atoms with van der Waals surface area (Å²) in [5, 5.41) is 7.18. The lowest BCUT2D eigenvalue weighted by molar-refractivity contribution is -0.121. The Kier molecular flexibility index (Phi) is 5.01. The molecule has 8 nitrogen and oxygen atoms in total. The van der Waals surface area contributed by atoms with Crippen molar-refractivity contribution in [3.05, 3.63) is 53.4 Å². The molecule has 0 radical (unpaired) electrons. The normalized spacial score (nSPS) is 11.4. The van der Waals surface area contributed by atoms with Crippen molar-refractivity contribution in [3.8, 4) is 0 Å². The fourth-order valence-corrected chi connectivity index (χ4v) is 3.45. The van der Waals surface area contributed by atoms with Gasteiger partial charge in [-0.3, -0.25) is 4.79 Å². The van der Waals surface area contributed by atoms with Crippen LogP contribution in [0.4, 0.5) is 0 Å². The third-order valence-corrected chi connectivity index (χ3v) is 4.94. The van der Waals surface area contributed by atoms with Crippen molar-refractivity contribution in [3.63, 3.8) is 0 Å². The second-order valence-electron chi connectivity index (χ2n) is 6.89. The highest BCUT2D eigenvalue weighted by Crippen LogP contribution is 2.15. The monoisotopic (exact) mass is 377 g/mol. The van der Waals surface area contributed by atoms with Crippen LogP contribution in [-0.2, 0) is 17.6 Å². The molecule has 4 rings (SSSR count). The molecule has 144 valence electrons. The number of carbonyl (C=O) groups excluding carboxylic acids is 1. The topological polar surface area (TPSA) is 101 Å². The number of aromatic amines is 1. The zero-order valence-electron chi connectivity index (χ0n) is 16.1. The largest absolute Gasteiger partial charge is 0.356 e. The predicted molar refractivity (Wildman–Crippen MR) is 106 cm³/mol. The van der Waals surface area contributed by atoms with Crippen LogP contribution in [0.25, 0.3) is 16.8 Å². The Balaban J connectivity index is 1.26. The van der Waals surface area contributed by atoms with Gasteiger partial charge in [-0.05, 0) is 44.4 Å². The standard InChI is InChI=1S/C20H23N7O/c1-13-15(14(2)27-20(24-13)22-12-23-27)9-10-19(28)21-11-5-8-18-25-16-6-3-4-7-17(16)26-18/h3-4,6-7,12H,5,8-11H2,1-2H3,(H,21,28)(H,25,26). The number of H-pyrrole nitrogens is 1. The van der Waals surface area contributed by atoms with E-state index in [1.165, 1.54) is 6.33 Å². The van der Waals surface area contributed by atoms with Gasteiger partial charge < -0.3 is 10.3 Å². The van der Waals surface area contributed by atoms with Crippen molar-refractivity contribution in [2.75, 3.05) is 6.54 Å². The highest BCUT2D eigenvalue weighted by molar-refractivity contribution is 5.76. The highest BCUT2D eigenvalue weighted by Gasteiger charge is 2.12. The zero-order valence-corrected chi connectivity index (χ0v) is 16.1. The molecule has 1 amide bonds. The number of fused-ring (bicyclic) bond motifs is 2. The van der Waals surface area contributed by atoms with Crippen LogP contribution in [0.1, 0.15) is 35.6 Å². The van der Waals surface area contributed by atoms with Crippen molar-refractivity contribution in [1.82, 2.24) is 34.9 Å². The van der Waals surface area contributed by atoms with Crippen molar-refractivity contribution < 1.29 is 4.79 Å². The van der Waals surface area contributed by atoms with E-state index in [-0.39, 0.29) is 5.91 Å². The number of benzene rings is 1.